The number of hydrogen-bond donors (Lipinski definition) is 0. The Kier molecular flexibility index (Phi) is 4.74. The summed E-state index contributed by atoms with van der Waals surface area (Å²) in [6.45, 7) is 3.46. The number of hydrogen-bond acceptors (Lipinski definition) is 6. The van der Waals surface area contributed by atoms with Crippen LogP contribution in [0.25, 0.3) is 10.4 Å². The van der Waals surface area contributed by atoms with Crippen molar-refractivity contribution in [1.29, 1.82) is 0 Å². The molecule has 0 radical (unpaired) electrons. The van der Waals surface area contributed by atoms with Crippen LogP contribution in [-0.4, -0.2) is 27.5 Å². The smallest absolute Gasteiger partial charge is 0.443 e. The molecule has 0 bridgehead atoms. The molecule has 0 saturated carbocycles. The van der Waals surface area contributed by atoms with Gasteiger partial charge in [-0.1, -0.05) is 6.92 Å². The lowest BCUT2D eigenvalue weighted by Gasteiger charge is -2.02. The molecule has 2 aromatic rings. The molecule has 0 amide bonds. The quantitative estimate of drug-likeness (QED) is 0.804. The summed E-state index contributed by atoms with van der Waals surface area (Å²) in [5.74, 6) is -0.342. The van der Waals surface area contributed by atoms with Crippen LogP contribution in [0.4, 0.5) is 13.2 Å². The van der Waals surface area contributed by atoms with Crippen molar-refractivity contribution in [3.05, 3.63) is 28.9 Å². The Morgan fingerprint density at radius 3 is 2.41 bits per heavy atom. The molecule has 0 atom stereocenters. The van der Waals surface area contributed by atoms with Crippen LogP contribution < -0.4 is 0 Å². The molecule has 9 heteroatoms. The van der Waals surface area contributed by atoms with Crippen molar-refractivity contribution in [2.24, 2.45) is 0 Å². The average Bonchev–Trinajstić information content (AvgIpc) is 2.93. The van der Waals surface area contributed by atoms with Crippen molar-refractivity contribution in [3.8, 4) is 10.4 Å². The number of esters is 1. The van der Waals surface area contributed by atoms with Crippen molar-refractivity contribution < 1.29 is 22.7 Å². The molecule has 0 fully saturated rings. The van der Waals surface area contributed by atoms with Crippen LogP contribution >= 0.6 is 11.3 Å². The number of carbonyl (C=O) groups excluding carboxylic acids is 1. The van der Waals surface area contributed by atoms with E-state index >= 15 is 0 Å². The molecule has 0 saturated heterocycles. The molecule has 0 aliphatic heterocycles. The Bertz CT molecular complexity index is 668. The van der Waals surface area contributed by atoms with E-state index in [1.807, 2.05) is 6.92 Å². The number of aromatic nitrogens is 3. The first-order chi connectivity index (χ1) is 10.4. The van der Waals surface area contributed by atoms with Gasteiger partial charge >= 0.3 is 12.1 Å². The number of rotatable bonds is 4. The zero-order valence-electron chi connectivity index (χ0n) is 11.8. The second-order valence-corrected chi connectivity index (χ2v) is 5.16. The van der Waals surface area contributed by atoms with Gasteiger partial charge in [0.15, 0.2) is 10.7 Å². The number of alkyl halides is 3. The van der Waals surface area contributed by atoms with E-state index in [-0.39, 0.29) is 17.2 Å². The summed E-state index contributed by atoms with van der Waals surface area (Å²) in [4.78, 5) is 23.3. The SMILES string of the molecule is CCOC(=O)c1nc(C(F)(F)F)sc1-c1cnc(CC)nc1. The van der Waals surface area contributed by atoms with E-state index in [0.29, 0.717) is 29.1 Å². The maximum Gasteiger partial charge on any atom is 0.443 e. The molecule has 118 valence electrons. The highest BCUT2D eigenvalue weighted by molar-refractivity contribution is 7.15. The lowest BCUT2D eigenvalue weighted by molar-refractivity contribution is -0.137. The van der Waals surface area contributed by atoms with Crippen LogP contribution in [-0.2, 0) is 17.3 Å². The highest BCUT2D eigenvalue weighted by Gasteiger charge is 2.37. The van der Waals surface area contributed by atoms with Gasteiger partial charge in [0, 0.05) is 24.4 Å². The van der Waals surface area contributed by atoms with Crippen molar-refractivity contribution in [2.75, 3.05) is 6.61 Å². The summed E-state index contributed by atoms with van der Waals surface area (Å²) in [6.07, 6.45) is -1.28. The molecule has 0 N–H and O–H groups in total. The number of aryl methyl sites for hydroxylation is 1. The number of thiazole rings is 1. The largest absolute Gasteiger partial charge is 0.461 e. The third-order valence-electron chi connectivity index (χ3n) is 2.62. The molecule has 0 unspecified atom stereocenters. The molecule has 0 aliphatic carbocycles. The first-order valence-electron chi connectivity index (χ1n) is 6.43. The van der Waals surface area contributed by atoms with Gasteiger partial charge in [0.05, 0.1) is 11.5 Å². The normalized spacial score (nSPS) is 11.5. The van der Waals surface area contributed by atoms with E-state index in [1.54, 1.807) is 6.92 Å². The molecular weight excluding hydrogens is 319 g/mol. The third kappa shape index (κ3) is 3.41. The fourth-order valence-electron chi connectivity index (χ4n) is 1.63. The highest BCUT2D eigenvalue weighted by Crippen LogP contribution is 2.38. The molecule has 5 nitrogen and oxygen atoms in total. The predicted molar refractivity (Wildman–Crippen MR) is 73.5 cm³/mol. The summed E-state index contributed by atoms with van der Waals surface area (Å²) < 4.78 is 43.2. The molecule has 22 heavy (non-hydrogen) atoms. The molecule has 0 aliphatic rings. The Hall–Kier alpha value is -2.03. The predicted octanol–water partition coefficient (Wildman–Crippen LogP) is 3.36. The van der Waals surface area contributed by atoms with Gasteiger partial charge in [0.2, 0.25) is 0 Å². The number of halogens is 3. The van der Waals surface area contributed by atoms with Gasteiger partial charge in [-0.05, 0) is 6.92 Å². The first-order valence-corrected chi connectivity index (χ1v) is 7.24. The molecule has 2 rings (SSSR count). The lowest BCUT2D eigenvalue weighted by Crippen LogP contribution is -2.09. The summed E-state index contributed by atoms with van der Waals surface area (Å²) in [6, 6.07) is 0. The summed E-state index contributed by atoms with van der Waals surface area (Å²) >= 11 is 0.370. The molecule has 0 aromatic carbocycles. The monoisotopic (exact) mass is 331 g/mol. The van der Waals surface area contributed by atoms with E-state index in [0.717, 1.165) is 0 Å². The van der Waals surface area contributed by atoms with Crippen molar-refractivity contribution in [1.82, 2.24) is 15.0 Å². The van der Waals surface area contributed by atoms with E-state index in [2.05, 4.69) is 15.0 Å². The first kappa shape index (κ1) is 16.3. The van der Waals surface area contributed by atoms with Gasteiger partial charge in [-0.15, -0.1) is 11.3 Å². The average molecular weight is 331 g/mol. The van der Waals surface area contributed by atoms with Gasteiger partial charge < -0.3 is 4.74 Å². The van der Waals surface area contributed by atoms with Crippen molar-refractivity contribution in [2.45, 2.75) is 26.4 Å². The minimum Gasteiger partial charge on any atom is -0.461 e. The number of nitrogens with zero attached hydrogens (tertiary/aromatic N) is 3. The van der Waals surface area contributed by atoms with Crippen LogP contribution in [0.5, 0.6) is 0 Å². The summed E-state index contributed by atoms with van der Waals surface area (Å²) in [7, 11) is 0. The Morgan fingerprint density at radius 2 is 1.91 bits per heavy atom. The fourth-order valence-corrected chi connectivity index (χ4v) is 2.52. The third-order valence-corrected chi connectivity index (χ3v) is 3.77. The van der Waals surface area contributed by atoms with E-state index in [9.17, 15) is 18.0 Å². The standard InChI is InChI=1S/C13H12F3N3O2S/c1-3-8-17-5-7(6-18-8)10-9(11(20)21-4-2)19-12(22-10)13(14,15)16/h5-6H,3-4H2,1-2H3. The van der Waals surface area contributed by atoms with E-state index < -0.39 is 17.2 Å². The topological polar surface area (TPSA) is 65.0 Å². The highest BCUT2D eigenvalue weighted by atomic mass is 32.1. The maximum absolute atomic E-state index is 12.8. The lowest BCUT2D eigenvalue weighted by atomic mass is 10.2. The van der Waals surface area contributed by atoms with Crippen LogP contribution in [0.1, 0.15) is 35.2 Å². The summed E-state index contributed by atoms with van der Waals surface area (Å²) in [5.41, 5.74) is -0.0692. The second-order valence-electron chi connectivity index (χ2n) is 4.16. The zero-order chi connectivity index (χ0) is 16.3. The minimum absolute atomic E-state index is 0.0441. The minimum atomic E-state index is -4.63. The molecule has 0 spiro atoms. The zero-order valence-corrected chi connectivity index (χ0v) is 12.6. The van der Waals surface area contributed by atoms with Crippen LogP contribution in [0.3, 0.4) is 0 Å². The fraction of sp³-hybridized carbons (Fsp3) is 0.385. The van der Waals surface area contributed by atoms with E-state index in [4.69, 9.17) is 4.74 Å². The van der Waals surface area contributed by atoms with Gasteiger partial charge in [0.1, 0.15) is 5.82 Å². The van der Waals surface area contributed by atoms with Crippen LogP contribution in [0.15, 0.2) is 12.4 Å². The van der Waals surface area contributed by atoms with Crippen LogP contribution in [0.2, 0.25) is 0 Å². The van der Waals surface area contributed by atoms with Crippen molar-refractivity contribution in [3.63, 3.8) is 0 Å². The van der Waals surface area contributed by atoms with Gasteiger partial charge in [-0.2, -0.15) is 13.2 Å². The second kappa shape index (κ2) is 6.39. The Balaban J connectivity index is 2.51. The molecule has 2 heterocycles. The molecular formula is C13H12F3N3O2S. The Labute approximate surface area is 128 Å². The van der Waals surface area contributed by atoms with Crippen LogP contribution in [0, 0.1) is 0 Å². The van der Waals surface area contributed by atoms with Gasteiger partial charge in [-0.3, -0.25) is 0 Å². The van der Waals surface area contributed by atoms with E-state index in [1.165, 1.54) is 12.4 Å². The number of carbonyl (C=O) groups is 1. The van der Waals surface area contributed by atoms with Gasteiger partial charge in [-0.25, -0.2) is 19.7 Å². The van der Waals surface area contributed by atoms with Crippen molar-refractivity contribution >= 4 is 17.3 Å². The Morgan fingerprint density at radius 1 is 1.27 bits per heavy atom. The number of ether oxygens (including phenoxy) is 1. The maximum atomic E-state index is 12.8. The molecule has 2 aromatic heterocycles. The summed E-state index contributed by atoms with van der Waals surface area (Å²) in [5, 5.41) is -1.11. The van der Waals surface area contributed by atoms with Gasteiger partial charge in [0.25, 0.3) is 0 Å².